The molecule has 0 bridgehead atoms. The fraction of sp³-hybridized carbons (Fsp3) is 0.290. The van der Waals surface area contributed by atoms with Crippen LogP contribution in [-0.4, -0.2) is 0 Å². The van der Waals surface area contributed by atoms with Crippen molar-refractivity contribution in [2.24, 2.45) is 0 Å². The predicted molar refractivity (Wildman–Crippen MR) is 135 cm³/mol. The van der Waals surface area contributed by atoms with Crippen LogP contribution in [0.15, 0.2) is 91.5 Å². The third kappa shape index (κ3) is 4.44. The lowest BCUT2D eigenvalue weighted by Crippen LogP contribution is -2.30. The van der Waals surface area contributed by atoms with Gasteiger partial charge in [-0.05, 0) is 78.1 Å². The molecule has 0 amide bonds. The summed E-state index contributed by atoms with van der Waals surface area (Å²) in [4.78, 5) is 0. The standard InChI is InChI=1S/C31H34/c1-4-5-8-15-27-22-28(18-16-24(27)2)31(20-11-7-12-21-31)29-19-17-25(3)30(23-29)26-13-9-6-10-14-26/h4-6,8-10,13-14,16-19,22-23H,1,7,11-12,15,20-21H2,2-3H3/b8-5-. The average molecular weight is 407 g/mol. The van der Waals surface area contributed by atoms with Gasteiger partial charge in [-0.2, -0.15) is 0 Å². The Labute approximate surface area is 188 Å². The molecule has 1 aliphatic rings. The normalized spacial score (nSPS) is 15.8. The van der Waals surface area contributed by atoms with Crippen LogP contribution in [0.1, 0.15) is 59.9 Å². The monoisotopic (exact) mass is 406 g/mol. The first-order valence-corrected chi connectivity index (χ1v) is 11.7. The average Bonchev–Trinajstić information content (AvgIpc) is 2.81. The lowest BCUT2D eigenvalue weighted by Gasteiger charge is -2.39. The van der Waals surface area contributed by atoms with E-state index in [1.165, 1.54) is 71.0 Å². The highest BCUT2D eigenvalue weighted by Gasteiger charge is 2.36. The van der Waals surface area contributed by atoms with Crippen molar-refractivity contribution in [3.05, 3.63) is 119 Å². The van der Waals surface area contributed by atoms with E-state index in [0.29, 0.717) is 0 Å². The molecule has 0 nitrogen and oxygen atoms in total. The van der Waals surface area contributed by atoms with E-state index in [1.54, 1.807) is 0 Å². The lowest BCUT2D eigenvalue weighted by molar-refractivity contribution is 0.346. The molecule has 3 aromatic carbocycles. The number of rotatable bonds is 6. The number of hydrogen-bond acceptors (Lipinski definition) is 0. The van der Waals surface area contributed by atoms with Crippen LogP contribution < -0.4 is 0 Å². The van der Waals surface area contributed by atoms with E-state index < -0.39 is 0 Å². The maximum Gasteiger partial charge on any atom is 0.0203 e. The predicted octanol–water partition coefficient (Wildman–Crippen LogP) is 8.51. The van der Waals surface area contributed by atoms with Crippen molar-refractivity contribution in [2.75, 3.05) is 0 Å². The van der Waals surface area contributed by atoms with Gasteiger partial charge in [-0.25, -0.2) is 0 Å². The van der Waals surface area contributed by atoms with E-state index in [2.05, 4.69) is 99.3 Å². The Balaban J connectivity index is 1.82. The van der Waals surface area contributed by atoms with Gasteiger partial charge in [0, 0.05) is 5.41 Å². The first-order chi connectivity index (χ1) is 15.1. The summed E-state index contributed by atoms with van der Waals surface area (Å²) in [6.45, 7) is 8.27. The summed E-state index contributed by atoms with van der Waals surface area (Å²) in [5, 5.41) is 0. The summed E-state index contributed by atoms with van der Waals surface area (Å²) in [5.74, 6) is 0. The highest BCUT2D eigenvalue weighted by molar-refractivity contribution is 5.68. The van der Waals surface area contributed by atoms with E-state index in [0.717, 1.165) is 6.42 Å². The van der Waals surface area contributed by atoms with Gasteiger partial charge in [0.25, 0.3) is 0 Å². The molecule has 0 aromatic heterocycles. The fourth-order valence-electron chi connectivity index (χ4n) is 5.23. The molecular formula is C31H34. The molecule has 0 N–H and O–H groups in total. The molecule has 1 fully saturated rings. The van der Waals surface area contributed by atoms with Gasteiger partial charge in [0.05, 0.1) is 0 Å². The van der Waals surface area contributed by atoms with Crippen LogP contribution in [0.3, 0.4) is 0 Å². The van der Waals surface area contributed by atoms with Gasteiger partial charge in [-0.1, -0.05) is 105 Å². The first kappa shape index (κ1) is 21.4. The van der Waals surface area contributed by atoms with Crippen LogP contribution in [0, 0.1) is 13.8 Å². The molecule has 0 atom stereocenters. The third-order valence-corrected chi connectivity index (χ3v) is 7.09. The van der Waals surface area contributed by atoms with Crippen LogP contribution in [0.2, 0.25) is 0 Å². The molecule has 1 aliphatic carbocycles. The van der Waals surface area contributed by atoms with Crippen LogP contribution in [0.25, 0.3) is 11.1 Å². The summed E-state index contributed by atoms with van der Waals surface area (Å²) in [6, 6.07) is 25.2. The minimum atomic E-state index is 0.111. The zero-order chi connectivity index (χ0) is 21.7. The van der Waals surface area contributed by atoms with E-state index in [4.69, 9.17) is 0 Å². The Kier molecular flexibility index (Phi) is 6.56. The first-order valence-electron chi connectivity index (χ1n) is 11.7. The molecule has 0 unspecified atom stereocenters. The van der Waals surface area contributed by atoms with Crippen LogP contribution in [0.5, 0.6) is 0 Å². The van der Waals surface area contributed by atoms with Crippen molar-refractivity contribution in [1.82, 2.24) is 0 Å². The van der Waals surface area contributed by atoms with E-state index in [-0.39, 0.29) is 5.41 Å². The summed E-state index contributed by atoms with van der Waals surface area (Å²) < 4.78 is 0. The number of benzene rings is 3. The molecule has 31 heavy (non-hydrogen) atoms. The minimum absolute atomic E-state index is 0.111. The lowest BCUT2D eigenvalue weighted by atomic mass is 9.64. The van der Waals surface area contributed by atoms with Crippen LogP contribution in [0.4, 0.5) is 0 Å². The molecular weight excluding hydrogens is 372 g/mol. The maximum atomic E-state index is 3.81. The van der Waals surface area contributed by atoms with Gasteiger partial charge in [0.15, 0.2) is 0 Å². The molecule has 0 spiro atoms. The largest absolute Gasteiger partial charge is 0.0991 e. The SMILES string of the molecule is C=C/C=C\Cc1cc(C2(c3ccc(C)c(-c4ccccc4)c3)CCCCC2)ccc1C. The van der Waals surface area contributed by atoms with Gasteiger partial charge in [0.1, 0.15) is 0 Å². The molecule has 0 heterocycles. The molecule has 4 rings (SSSR count). The molecule has 0 radical (unpaired) electrons. The van der Waals surface area contributed by atoms with Crippen molar-refractivity contribution in [3.8, 4) is 11.1 Å². The van der Waals surface area contributed by atoms with Crippen LogP contribution in [-0.2, 0) is 11.8 Å². The summed E-state index contributed by atoms with van der Waals surface area (Å²) >= 11 is 0. The number of aryl methyl sites for hydroxylation is 2. The number of allylic oxidation sites excluding steroid dienone is 3. The zero-order valence-corrected chi connectivity index (χ0v) is 19.0. The van der Waals surface area contributed by atoms with Crippen molar-refractivity contribution in [3.63, 3.8) is 0 Å². The van der Waals surface area contributed by atoms with E-state index >= 15 is 0 Å². The Morgan fingerprint density at radius 2 is 1.48 bits per heavy atom. The molecule has 1 saturated carbocycles. The van der Waals surface area contributed by atoms with Gasteiger partial charge in [-0.3, -0.25) is 0 Å². The molecule has 158 valence electrons. The van der Waals surface area contributed by atoms with Crippen molar-refractivity contribution >= 4 is 0 Å². The molecule has 0 saturated heterocycles. The van der Waals surface area contributed by atoms with Crippen molar-refractivity contribution in [1.29, 1.82) is 0 Å². The van der Waals surface area contributed by atoms with E-state index in [1.807, 2.05) is 6.08 Å². The Hall–Kier alpha value is -2.86. The summed E-state index contributed by atoms with van der Waals surface area (Å²) in [7, 11) is 0. The van der Waals surface area contributed by atoms with Crippen molar-refractivity contribution < 1.29 is 0 Å². The second-order valence-electron chi connectivity index (χ2n) is 9.05. The Morgan fingerprint density at radius 1 is 0.806 bits per heavy atom. The molecule has 0 heteroatoms. The smallest absolute Gasteiger partial charge is 0.0203 e. The number of hydrogen-bond donors (Lipinski definition) is 0. The summed E-state index contributed by atoms with van der Waals surface area (Å²) in [6.07, 6.45) is 13.5. The van der Waals surface area contributed by atoms with Gasteiger partial charge >= 0.3 is 0 Å². The molecule has 3 aromatic rings. The Bertz CT molecular complexity index is 1060. The van der Waals surface area contributed by atoms with Gasteiger partial charge in [-0.15, -0.1) is 0 Å². The topological polar surface area (TPSA) is 0 Å². The Morgan fingerprint density at radius 3 is 2.19 bits per heavy atom. The second kappa shape index (κ2) is 9.52. The maximum absolute atomic E-state index is 3.81. The van der Waals surface area contributed by atoms with Crippen LogP contribution >= 0.6 is 0 Å². The fourth-order valence-corrected chi connectivity index (χ4v) is 5.23. The van der Waals surface area contributed by atoms with E-state index in [9.17, 15) is 0 Å². The van der Waals surface area contributed by atoms with Crippen molar-refractivity contribution in [2.45, 2.75) is 57.8 Å². The summed E-state index contributed by atoms with van der Waals surface area (Å²) in [5.41, 5.74) is 9.90. The highest BCUT2D eigenvalue weighted by atomic mass is 14.4. The van der Waals surface area contributed by atoms with Gasteiger partial charge < -0.3 is 0 Å². The molecule has 0 aliphatic heterocycles. The highest BCUT2D eigenvalue weighted by Crippen LogP contribution is 2.46. The zero-order valence-electron chi connectivity index (χ0n) is 19.0. The quantitative estimate of drug-likeness (QED) is 0.360. The second-order valence-corrected chi connectivity index (χ2v) is 9.05. The van der Waals surface area contributed by atoms with Gasteiger partial charge in [0.2, 0.25) is 0 Å². The third-order valence-electron chi connectivity index (χ3n) is 7.09. The minimum Gasteiger partial charge on any atom is -0.0991 e.